The van der Waals surface area contributed by atoms with Gasteiger partial charge in [0.15, 0.2) is 0 Å². The second kappa shape index (κ2) is 6.23. The van der Waals surface area contributed by atoms with Crippen LogP contribution in [-0.2, 0) is 11.3 Å². The van der Waals surface area contributed by atoms with E-state index in [9.17, 15) is 9.18 Å². The third-order valence-electron chi connectivity index (χ3n) is 2.32. The summed E-state index contributed by atoms with van der Waals surface area (Å²) in [5.41, 5.74) is 6.50. The number of hydrogen-bond acceptors (Lipinski definition) is 2. The predicted octanol–water partition coefficient (Wildman–Crippen LogP) is 1.57. The van der Waals surface area contributed by atoms with E-state index in [1.165, 1.54) is 12.1 Å². The average Bonchev–Trinajstić information content (AvgIpc) is 2.28. The van der Waals surface area contributed by atoms with Gasteiger partial charge in [-0.05, 0) is 24.1 Å². The minimum Gasteiger partial charge on any atom is -0.351 e. The second-order valence-corrected chi connectivity index (χ2v) is 3.74. The van der Waals surface area contributed by atoms with E-state index in [2.05, 4.69) is 5.32 Å². The van der Waals surface area contributed by atoms with Gasteiger partial charge < -0.3 is 11.1 Å². The van der Waals surface area contributed by atoms with E-state index in [0.717, 1.165) is 12.0 Å². The van der Waals surface area contributed by atoms with Crippen LogP contribution in [0.2, 0.25) is 0 Å². The summed E-state index contributed by atoms with van der Waals surface area (Å²) in [6.45, 7) is 2.36. The molecule has 1 aromatic carbocycles. The van der Waals surface area contributed by atoms with Gasteiger partial charge in [-0.1, -0.05) is 25.5 Å². The molecule has 1 aromatic rings. The molecule has 0 aromatic heterocycles. The first-order valence-corrected chi connectivity index (χ1v) is 5.41. The van der Waals surface area contributed by atoms with Crippen molar-refractivity contribution >= 4 is 5.91 Å². The van der Waals surface area contributed by atoms with Crippen molar-refractivity contribution in [2.45, 2.75) is 32.4 Å². The fraction of sp³-hybridized carbons (Fsp3) is 0.417. The molecule has 0 bridgehead atoms. The summed E-state index contributed by atoms with van der Waals surface area (Å²) in [5, 5.41) is 2.72. The van der Waals surface area contributed by atoms with Crippen LogP contribution in [0.5, 0.6) is 0 Å². The monoisotopic (exact) mass is 224 g/mol. The molecule has 0 heterocycles. The maximum Gasteiger partial charge on any atom is 0.237 e. The first kappa shape index (κ1) is 12.6. The largest absolute Gasteiger partial charge is 0.351 e. The molecule has 0 aliphatic rings. The normalized spacial score (nSPS) is 12.2. The summed E-state index contributed by atoms with van der Waals surface area (Å²) in [7, 11) is 0. The highest BCUT2D eigenvalue weighted by atomic mass is 19.1. The number of carbonyl (C=O) groups excluding carboxylic acids is 1. The van der Waals surface area contributed by atoms with Crippen LogP contribution in [0.3, 0.4) is 0 Å². The van der Waals surface area contributed by atoms with Crippen molar-refractivity contribution in [3.63, 3.8) is 0 Å². The van der Waals surface area contributed by atoms with Crippen LogP contribution in [-0.4, -0.2) is 11.9 Å². The van der Waals surface area contributed by atoms with Crippen LogP contribution < -0.4 is 11.1 Å². The molecular formula is C12H17FN2O. The Hall–Kier alpha value is -1.42. The summed E-state index contributed by atoms with van der Waals surface area (Å²) in [6.07, 6.45) is 1.56. The molecule has 1 amide bonds. The lowest BCUT2D eigenvalue weighted by molar-refractivity contribution is -0.122. The molecule has 0 radical (unpaired) electrons. The van der Waals surface area contributed by atoms with E-state index in [0.29, 0.717) is 13.0 Å². The van der Waals surface area contributed by atoms with Gasteiger partial charge in [0.25, 0.3) is 0 Å². The number of rotatable bonds is 5. The second-order valence-electron chi connectivity index (χ2n) is 3.74. The molecule has 3 N–H and O–H groups in total. The first-order valence-electron chi connectivity index (χ1n) is 5.41. The zero-order chi connectivity index (χ0) is 12.0. The Bertz CT molecular complexity index is 337. The van der Waals surface area contributed by atoms with Gasteiger partial charge in [-0.15, -0.1) is 0 Å². The topological polar surface area (TPSA) is 55.1 Å². The van der Waals surface area contributed by atoms with Crippen molar-refractivity contribution in [3.8, 4) is 0 Å². The van der Waals surface area contributed by atoms with Crippen LogP contribution in [0.4, 0.5) is 4.39 Å². The zero-order valence-electron chi connectivity index (χ0n) is 9.37. The lowest BCUT2D eigenvalue weighted by atomic mass is 10.1. The van der Waals surface area contributed by atoms with Crippen LogP contribution in [0.15, 0.2) is 24.3 Å². The van der Waals surface area contributed by atoms with E-state index in [4.69, 9.17) is 5.73 Å². The molecule has 0 saturated carbocycles. The quantitative estimate of drug-likeness (QED) is 0.797. The Morgan fingerprint density at radius 2 is 2.06 bits per heavy atom. The maximum absolute atomic E-state index is 12.6. The van der Waals surface area contributed by atoms with E-state index in [-0.39, 0.29) is 11.7 Å². The molecule has 0 aliphatic heterocycles. The smallest absolute Gasteiger partial charge is 0.237 e. The van der Waals surface area contributed by atoms with E-state index in [1.807, 2.05) is 6.92 Å². The number of nitrogens with one attached hydrogen (secondary N) is 1. The van der Waals surface area contributed by atoms with Gasteiger partial charge in [0, 0.05) is 6.54 Å². The van der Waals surface area contributed by atoms with E-state index < -0.39 is 6.04 Å². The Morgan fingerprint density at radius 1 is 1.44 bits per heavy atom. The summed E-state index contributed by atoms with van der Waals surface area (Å²) in [5.74, 6) is -0.441. The highest BCUT2D eigenvalue weighted by Crippen LogP contribution is 2.02. The summed E-state index contributed by atoms with van der Waals surface area (Å²) < 4.78 is 12.6. The molecule has 16 heavy (non-hydrogen) atoms. The van der Waals surface area contributed by atoms with Crippen molar-refractivity contribution in [3.05, 3.63) is 35.6 Å². The van der Waals surface area contributed by atoms with Crippen LogP contribution in [0.25, 0.3) is 0 Å². The van der Waals surface area contributed by atoms with Crippen LogP contribution in [0, 0.1) is 5.82 Å². The average molecular weight is 224 g/mol. The summed E-state index contributed by atoms with van der Waals surface area (Å²) in [4.78, 5) is 11.5. The molecule has 0 saturated heterocycles. The van der Waals surface area contributed by atoms with Gasteiger partial charge in [-0.2, -0.15) is 0 Å². The first-order chi connectivity index (χ1) is 7.63. The zero-order valence-corrected chi connectivity index (χ0v) is 9.37. The molecule has 0 spiro atoms. The fourth-order valence-corrected chi connectivity index (χ4v) is 1.36. The van der Waals surface area contributed by atoms with Gasteiger partial charge in [-0.3, -0.25) is 4.79 Å². The van der Waals surface area contributed by atoms with Crippen molar-refractivity contribution in [2.24, 2.45) is 5.73 Å². The number of hydrogen-bond donors (Lipinski definition) is 2. The highest BCUT2D eigenvalue weighted by Gasteiger charge is 2.11. The lowest BCUT2D eigenvalue weighted by Crippen LogP contribution is -2.40. The molecule has 1 rings (SSSR count). The predicted molar refractivity (Wildman–Crippen MR) is 61.1 cm³/mol. The van der Waals surface area contributed by atoms with Crippen molar-refractivity contribution in [1.82, 2.24) is 5.32 Å². The van der Waals surface area contributed by atoms with Crippen molar-refractivity contribution in [1.29, 1.82) is 0 Å². The molecule has 4 heteroatoms. The minimum atomic E-state index is -0.453. The van der Waals surface area contributed by atoms with Gasteiger partial charge in [0.1, 0.15) is 5.82 Å². The third kappa shape index (κ3) is 3.98. The molecule has 3 nitrogen and oxygen atoms in total. The Morgan fingerprint density at radius 3 is 2.62 bits per heavy atom. The van der Waals surface area contributed by atoms with Gasteiger partial charge >= 0.3 is 0 Å². The van der Waals surface area contributed by atoms with Crippen LogP contribution in [0.1, 0.15) is 25.3 Å². The standard InChI is InChI=1S/C12H17FN2O/c1-2-3-11(14)12(16)15-8-9-4-6-10(13)7-5-9/h4-7,11H,2-3,8,14H2,1H3,(H,15,16)/t11-/m0/s1. The summed E-state index contributed by atoms with van der Waals surface area (Å²) in [6, 6.07) is 5.56. The fourth-order valence-electron chi connectivity index (χ4n) is 1.36. The minimum absolute atomic E-state index is 0.161. The number of amides is 1. The van der Waals surface area contributed by atoms with Gasteiger partial charge in [0.2, 0.25) is 5.91 Å². The maximum atomic E-state index is 12.6. The SMILES string of the molecule is CCC[C@H](N)C(=O)NCc1ccc(F)cc1. The van der Waals surface area contributed by atoms with E-state index >= 15 is 0 Å². The molecule has 0 unspecified atom stereocenters. The number of nitrogens with two attached hydrogens (primary N) is 1. The molecule has 0 aliphatic carbocycles. The van der Waals surface area contributed by atoms with Crippen molar-refractivity contribution in [2.75, 3.05) is 0 Å². The number of carbonyl (C=O) groups is 1. The number of halogens is 1. The Kier molecular flexibility index (Phi) is 4.92. The molecule has 0 fully saturated rings. The lowest BCUT2D eigenvalue weighted by Gasteiger charge is -2.11. The van der Waals surface area contributed by atoms with Crippen molar-refractivity contribution < 1.29 is 9.18 Å². The Labute approximate surface area is 94.8 Å². The highest BCUT2D eigenvalue weighted by molar-refractivity contribution is 5.81. The van der Waals surface area contributed by atoms with Gasteiger partial charge in [0.05, 0.1) is 6.04 Å². The molecule has 88 valence electrons. The molecular weight excluding hydrogens is 207 g/mol. The Balaban J connectivity index is 2.39. The van der Waals surface area contributed by atoms with Gasteiger partial charge in [-0.25, -0.2) is 4.39 Å². The van der Waals surface area contributed by atoms with Crippen LogP contribution >= 0.6 is 0 Å². The third-order valence-corrected chi connectivity index (χ3v) is 2.32. The molecule has 1 atom stereocenters. The number of benzene rings is 1. The van der Waals surface area contributed by atoms with E-state index in [1.54, 1.807) is 12.1 Å². The summed E-state index contributed by atoms with van der Waals surface area (Å²) >= 11 is 0.